The van der Waals surface area contributed by atoms with Crippen molar-refractivity contribution in [3.63, 3.8) is 0 Å². The Kier molecular flexibility index (Phi) is 3.29. The number of nitrogens with two attached hydrogens (primary N) is 1. The molecule has 2 atom stereocenters. The van der Waals surface area contributed by atoms with Crippen molar-refractivity contribution in [2.75, 3.05) is 18.2 Å². The van der Waals surface area contributed by atoms with Crippen LogP contribution in [0.4, 0.5) is 15.8 Å². The fourth-order valence-electron chi connectivity index (χ4n) is 2.24. The first-order valence-corrected chi connectivity index (χ1v) is 5.55. The second-order valence-electron chi connectivity index (χ2n) is 4.19. The summed E-state index contributed by atoms with van der Waals surface area (Å²) in [6.07, 6.45) is 3.51. The van der Waals surface area contributed by atoms with Gasteiger partial charge in [-0.1, -0.05) is 0 Å². The van der Waals surface area contributed by atoms with Crippen molar-refractivity contribution >= 4 is 11.4 Å². The molecule has 1 aliphatic carbocycles. The summed E-state index contributed by atoms with van der Waals surface area (Å²) in [4.78, 5) is 0. The molecule has 1 fully saturated rings. The first-order valence-electron chi connectivity index (χ1n) is 5.55. The molecule has 3 nitrogen and oxygen atoms in total. The quantitative estimate of drug-likeness (QED) is 0.775. The number of anilines is 2. The van der Waals surface area contributed by atoms with Crippen LogP contribution in [0.5, 0.6) is 0 Å². The molecule has 0 radical (unpaired) electrons. The number of ether oxygens (including phenoxy) is 1. The van der Waals surface area contributed by atoms with Crippen molar-refractivity contribution < 1.29 is 9.13 Å². The molecule has 1 aromatic carbocycles. The van der Waals surface area contributed by atoms with Gasteiger partial charge < -0.3 is 15.8 Å². The lowest BCUT2D eigenvalue weighted by atomic mass is 10.2. The highest BCUT2D eigenvalue weighted by Crippen LogP contribution is 2.27. The fraction of sp³-hybridized carbons (Fsp3) is 0.500. The van der Waals surface area contributed by atoms with Gasteiger partial charge in [0, 0.05) is 7.11 Å². The SMILES string of the molecule is COC1CCCC1Nc1ccc(F)cc1N. The molecular formula is C12H17FN2O. The Morgan fingerprint density at radius 2 is 2.25 bits per heavy atom. The smallest absolute Gasteiger partial charge is 0.125 e. The zero-order chi connectivity index (χ0) is 11.5. The highest BCUT2D eigenvalue weighted by molar-refractivity contribution is 5.66. The third-order valence-electron chi connectivity index (χ3n) is 3.11. The Balaban J connectivity index is 2.08. The molecule has 0 saturated heterocycles. The number of hydrogen-bond acceptors (Lipinski definition) is 3. The summed E-state index contributed by atoms with van der Waals surface area (Å²) >= 11 is 0. The van der Waals surface area contributed by atoms with Crippen LogP contribution in [0.1, 0.15) is 19.3 Å². The van der Waals surface area contributed by atoms with Crippen LogP contribution in [0.15, 0.2) is 18.2 Å². The van der Waals surface area contributed by atoms with Crippen molar-refractivity contribution in [3.8, 4) is 0 Å². The molecule has 1 saturated carbocycles. The number of halogens is 1. The maximum Gasteiger partial charge on any atom is 0.125 e. The number of nitrogen functional groups attached to an aromatic ring is 1. The summed E-state index contributed by atoms with van der Waals surface area (Å²) in [7, 11) is 1.72. The molecule has 0 aromatic heterocycles. The molecule has 1 aromatic rings. The number of benzene rings is 1. The van der Waals surface area contributed by atoms with E-state index in [1.807, 2.05) is 0 Å². The van der Waals surface area contributed by atoms with Crippen molar-refractivity contribution in [3.05, 3.63) is 24.0 Å². The van der Waals surface area contributed by atoms with E-state index in [-0.39, 0.29) is 18.0 Å². The van der Waals surface area contributed by atoms with Gasteiger partial charge in [0.05, 0.1) is 23.5 Å². The summed E-state index contributed by atoms with van der Waals surface area (Å²) in [5.74, 6) is -0.308. The molecule has 88 valence electrons. The minimum atomic E-state index is -0.308. The maximum absolute atomic E-state index is 12.9. The number of rotatable bonds is 3. The van der Waals surface area contributed by atoms with Gasteiger partial charge in [-0.05, 0) is 37.5 Å². The molecular weight excluding hydrogens is 207 g/mol. The van der Waals surface area contributed by atoms with E-state index in [2.05, 4.69) is 5.32 Å². The third kappa shape index (κ3) is 2.27. The molecule has 16 heavy (non-hydrogen) atoms. The first kappa shape index (κ1) is 11.2. The summed E-state index contributed by atoms with van der Waals surface area (Å²) in [5, 5.41) is 3.32. The topological polar surface area (TPSA) is 47.3 Å². The highest BCUT2D eigenvalue weighted by atomic mass is 19.1. The van der Waals surface area contributed by atoms with E-state index >= 15 is 0 Å². The van der Waals surface area contributed by atoms with E-state index in [4.69, 9.17) is 10.5 Å². The van der Waals surface area contributed by atoms with E-state index in [0.717, 1.165) is 24.9 Å². The van der Waals surface area contributed by atoms with E-state index in [0.29, 0.717) is 5.69 Å². The van der Waals surface area contributed by atoms with Crippen LogP contribution in [-0.4, -0.2) is 19.3 Å². The van der Waals surface area contributed by atoms with E-state index in [1.54, 1.807) is 13.2 Å². The Morgan fingerprint density at radius 1 is 1.44 bits per heavy atom. The molecule has 0 amide bonds. The van der Waals surface area contributed by atoms with Crippen molar-refractivity contribution in [1.82, 2.24) is 0 Å². The summed E-state index contributed by atoms with van der Waals surface area (Å²) in [6.45, 7) is 0. The molecule has 0 heterocycles. The minimum absolute atomic E-state index is 0.226. The molecule has 0 spiro atoms. The summed E-state index contributed by atoms with van der Waals surface area (Å²) in [5.41, 5.74) is 6.98. The highest BCUT2D eigenvalue weighted by Gasteiger charge is 2.27. The van der Waals surface area contributed by atoms with Crippen molar-refractivity contribution in [1.29, 1.82) is 0 Å². The van der Waals surface area contributed by atoms with Crippen LogP contribution in [0.2, 0.25) is 0 Å². The summed E-state index contributed by atoms with van der Waals surface area (Å²) < 4.78 is 18.3. The normalized spacial score (nSPS) is 24.6. The van der Waals surface area contributed by atoms with Crippen molar-refractivity contribution in [2.45, 2.75) is 31.4 Å². The lowest BCUT2D eigenvalue weighted by molar-refractivity contribution is 0.101. The number of nitrogens with one attached hydrogen (secondary N) is 1. The van der Waals surface area contributed by atoms with Crippen LogP contribution in [0.3, 0.4) is 0 Å². The zero-order valence-electron chi connectivity index (χ0n) is 9.37. The van der Waals surface area contributed by atoms with Crippen molar-refractivity contribution in [2.24, 2.45) is 0 Å². The molecule has 2 unspecified atom stereocenters. The van der Waals surface area contributed by atoms with E-state index in [9.17, 15) is 4.39 Å². The predicted molar refractivity (Wildman–Crippen MR) is 62.9 cm³/mol. The van der Waals surface area contributed by atoms with Crippen LogP contribution in [-0.2, 0) is 4.74 Å². The second-order valence-corrected chi connectivity index (χ2v) is 4.19. The Morgan fingerprint density at radius 3 is 2.94 bits per heavy atom. The van der Waals surface area contributed by atoms with Crippen LogP contribution in [0.25, 0.3) is 0 Å². The van der Waals surface area contributed by atoms with Gasteiger partial charge >= 0.3 is 0 Å². The summed E-state index contributed by atoms with van der Waals surface area (Å²) in [6, 6.07) is 4.70. The standard InChI is InChI=1S/C12H17FN2O/c1-16-12-4-2-3-11(12)15-10-6-5-8(13)7-9(10)14/h5-7,11-12,15H,2-4,14H2,1H3. The average Bonchev–Trinajstić information content (AvgIpc) is 2.69. The van der Waals surface area contributed by atoms with Gasteiger partial charge in [-0.3, -0.25) is 0 Å². The fourth-order valence-corrected chi connectivity index (χ4v) is 2.24. The van der Waals surface area contributed by atoms with Gasteiger partial charge in [0.1, 0.15) is 5.82 Å². The molecule has 1 aliphatic rings. The zero-order valence-corrected chi connectivity index (χ0v) is 9.37. The second kappa shape index (κ2) is 4.70. The Bertz CT molecular complexity index is 370. The number of methoxy groups -OCH3 is 1. The van der Waals surface area contributed by atoms with Gasteiger partial charge in [-0.25, -0.2) is 4.39 Å². The lowest BCUT2D eigenvalue weighted by Crippen LogP contribution is -2.30. The van der Waals surface area contributed by atoms with Crippen LogP contribution < -0.4 is 11.1 Å². The van der Waals surface area contributed by atoms with Gasteiger partial charge in [0.2, 0.25) is 0 Å². The predicted octanol–water partition coefficient (Wildman–Crippen LogP) is 2.39. The van der Waals surface area contributed by atoms with Crippen LogP contribution in [0, 0.1) is 5.82 Å². The Labute approximate surface area is 94.8 Å². The minimum Gasteiger partial charge on any atom is -0.397 e. The molecule has 0 aliphatic heterocycles. The molecule has 4 heteroatoms. The average molecular weight is 224 g/mol. The monoisotopic (exact) mass is 224 g/mol. The number of hydrogen-bond donors (Lipinski definition) is 2. The van der Waals surface area contributed by atoms with Gasteiger partial charge in [0.15, 0.2) is 0 Å². The van der Waals surface area contributed by atoms with E-state index in [1.165, 1.54) is 12.1 Å². The maximum atomic E-state index is 12.9. The molecule has 3 N–H and O–H groups in total. The van der Waals surface area contributed by atoms with Gasteiger partial charge in [-0.2, -0.15) is 0 Å². The van der Waals surface area contributed by atoms with Gasteiger partial charge in [0.25, 0.3) is 0 Å². The lowest BCUT2D eigenvalue weighted by Gasteiger charge is -2.21. The van der Waals surface area contributed by atoms with E-state index < -0.39 is 0 Å². The van der Waals surface area contributed by atoms with Gasteiger partial charge in [-0.15, -0.1) is 0 Å². The Hall–Kier alpha value is -1.29. The molecule has 2 rings (SSSR count). The largest absolute Gasteiger partial charge is 0.397 e. The molecule has 0 bridgehead atoms. The first-order chi connectivity index (χ1) is 7.70. The third-order valence-corrected chi connectivity index (χ3v) is 3.11. The van der Waals surface area contributed by atoms with Crippen LogP contribution >= 0.6 is 0 Å².